The molecule has 0 spiro atoms. The molecule has 5 heteroatoms. The van der Waals surface area contributed by atoms with E-state index in [4.69, 9.17) is 0 Å². The van der Waals surface area contributed by atoms with Crippen molar-refractivity contribution < 1.29 is 4.79 Å². The molecule has 0 atom stereocenters. The molecule has 0 aromatic carbocycles. The Labute approximate surface area is 118 Å². The Morgan fingerprint density at radius 3 is 2.89 bits per heavy atom. The molecule has 2 heterocycles. The molecule has 1 amide bonds. The lowest BCUT2D eigenvalue weighted by Gasteiger charge is -2.04. The first-order chi connectivity index (χ1) is 8.63. The molecule has 0 aliphatic carbocycles. The van der Waals surface area contributed by atoms with E-state index in [1.165, 1.54) is 0 Å². The highest BCUT2D eigenvalue weighted by atomic mass is 79.9. The fraction of sp³-hybridized carbons (Fsp3) is 0.231. The van der Waals surface area contributed by atoms with Crippen LogP contribution in [-0.4, -0.2) is 10.9 Å². The zero-order chi connectivity index (χ0) is 13.0. The molecule has 0 fully saturated rings. The fourth-order valence-electron chi connectivity index (χ4n) is 1.49. The van der Waals surface area contributed by atoms with Gasteiger partial charge < -0.3 is 5.32 Å². The lowest BCUT2D eigenvalue weighted by atomic mass is 10.2. The van der Waals surface area contributed by atoms with Gasteiger partial charge in [0.25, 0.3) is 0 Å². The minimum absolute atomic E-state index is 0.0166. The predicted molar refractivity (Wildman–Crippen MR) is 76.5 cm³/mol. The van der Waals surface area contributed by atoms with Crippen LogP contribution in [0.1, 0.15) is 16.8 Å². The van der Waals surface area contributed by atoms with E-state index in [9.17, 15) is 4.79 Å². The molecular weight excluding hydrogens is 312 g/mol. The average Bonchev–Trinajstić information content (AvgIpc) is 2.76. The number of rotatable bonds is 4. The number of carbonyl (C=O) groups excluding carboxylic acids is 1. The first kappa shape index (κ1) is 13.2. The Morgan fingerprint density at radius 2 is 2.28 bits per heavy atom. The summed E-state index contributed by atoms with van der Waals surface area (Å²) < 4.78 is 1.08. The highest BCUT2D eigenvalue weighted by Crippen LogP contribution is 2.20. The molecule has 0 bridgehead atoms. The van der Waals surface area contributed by atoms with Crippen LogP contribution in [0.2, 0.25) is 0 Å². The summed E-state index contributed by atoms with van der Waals surface area (Å²) in [7, 11) is 0. The van der Waals surface area contributed by atoms with E-state index in [0.29, 0.717) is 13.0 Å². The van der Waals surface area contributed by atoms with Crippen LogP contribution in [-0.2, 0) is 17.8 Å². The zero-order valence-corrected chi connectivity index (χ0v) is 12.3. The molecule has 94 valence electrons. The van der Waals surface area contributed by atoms with Gasteiger partial charge in [-0.2, -0.15) is 0 Å². The van der Waals surface area contributed by atoms with Crippen molar-refractivity contribution in [3.05, 3.63) is 50.4 Å². The number of nitrogens with zero attached hydrogens (tertiary/aromatic N) is 1. The Balaban J connectivity index is 1.83. The number of nitrogens with one attached hydrogen (secondary N) is 1. The first-order valence-corrected chi connectivity index (χ1v) is 7.22. The van der Waals surface area contributed by atoms with E-state index in [1.807, 2.05) is 30.5 Å². The molecule has 1 N–H and O–H groups in total. The van der Waals surface area contributed by atoms with E-state index in [0.717, 1.165) is 20.6 Å². The maximum absolute atomic E-state index is 11.7. The van der Waals surface area contributed by atoms with Gasteiger partial charge in [0, 0.05) is 18.4 Å². The monoisotopic (exact) mass is 324 g/mol. The van der Waals surface area contributed by atoms with Crippen molar-refractivity contribution in [1.29, 1.82) is 0 Å². The second-order valence-corrected chi connectivity index (χ2v) is 6.31. The fourth-order valence-corrected chi connectivity index (χ4v) is 2.70. The van der Waals surface area contributed by atoms with Gasteiger partial charge in [-0.3, -0.25) is 9.78 Å². The van der Waals surface area contributed by atoms with Crippen LogP contribution >= 0.6 is 27.3 Å². The van der Waals surface area contributed by atoms with E-state index in [2.05, 4.69) is 26.2 Å². The molecule has 2 aromatic rings. The Bertz CT molecular complexity index is 536. The molecule has 0 unspecified atom stereocenters. The molecule has 2 aromatic heterocycles. The maximum atomic E-state index is 11.7. The standard InChI is InChI=1S/C13H13BrN2OS/c1-9-2-3-10(6-15-9)5-13(17)16-7-11-4-12(14)18-8-11/h2-4,6,8H,5,7H2,1H3,(H,16,17). The molecule has 0 saturated carbocycles. The summed E-state index contributed by atoms with van der Waals surface area (Å²) in [5.74, 6) is 0.0166. The third kappa shape index (κ3) is 3.92. The summed E-state index contributed by atoms with van der Waals surface area (Å²) in [5.41, 5.74) is 3.01. The van der Waals surface area contributed by atoms with Crippen LogP contribution in [0.25, 0.3) is 0 Å². The maximum Gasteiger partial charge on any atom is 0.224 e. The molecule has 0 saturated heterocycles. The topological polar surface area (TPSA) is 42.0 Å². The number of aromatic nitrogens is 1. The average molecular weight is 325 g/mol. The van der Waals surface area contributed by atoms with Gasteiger partial charge in [-0.25, -0.2) is 0 Å². The first-order valence-electron chi connectivity index (χ1n) is 5.54. The number of halogens is 1. The van der Waals surface area contributed by atoms with Gasteiger partial charge in [-0.1, -0.05) is 6.07 Å². The van der Waals surface area contributed by atoms with Crippen LogP contribution in [0, 0.1) is 6.92 Å². The molecule has 0 aliphatic heterocycles. The molecule has 2 rings (SSSR count). The Morgan fingerprint density at radius 1 is 1.44 bits per heavy atom. The normalized spacial score (nSPS) is 10.3. The van der Waals surface area contributed by atoms with Crippen molar-refractivity contribution in [3.8, 4) is 0 Å². The lowest BCUT2D eigenvalue weighted by molar-refractivity contribution is -0.120. The quantitative estimate of drug-likeness (QED) is 0.939. The minimum Gasteiger partial charge on any atom is -0.352 e. The summed E-state index contributed by atoms with van der Waals surface area (Å²) in [5, 5.41) is 4.92. The Kier molecular flexibility index (Phi) is 4.49. The number of amides is 1. The van der Waals surface area contributed by atoms with Crippen molar-refractivity contribution in [3.63, 3.8) is 0 Å². The van der Waals surface area contributed by atoms with E-state index in [-0.39, 0.29) is 5.91 Å². The SMILES string of the molecule is Cc1ccc(CC(=O)NCc2csc(Br)c2)cn1. The molecule has 3 nitrogen and oxygen atoms in total. The highest BCUT2D eigenvalue weighted by molar-refractivity contribution is 9.11. The van der Waals surface area contributed by atoms with Gasteiger partial charge in [0.05, 0.1) is 10.2 Å². The van der Waals surface area contributed by atoms with Gasteiger partial charge in [0.2, 0.25) is 5.91 Å². The number of hydrogen-bond acceptors (Lipinski definition) is 3. The van der Waals surface area contributed by atoms with E-state index in [1.54, 1.807) is 17.5 Å². The number of carbonyl (C=O) groups is 1. The third-order valence-electron chi connectivity index (χ3n) is 2.45. The van der Waals surface area contributed by atoms with Crippen LogP contribution in [0.4, 0.5) is 0 Å². The van der Waals surface area contributed by atoms with Crippen LogP contribution in [0.15, 0.2) is 33.6 Å². The Hall–Kier alpha value is -1.20. The summed E-state index contributed by atoms with van der Waals surface area (Å²) in [6, 6.07) is 5.86. The van der Waals surface area contributed by atoms with Gasteiger partial charge >= 0.3 is 0 Å². The van der Waals surface area contributed by atoms with Gasteiger partial charge in [0.1, 0.15) is 0 Å². The summed E-state index contributed by atoms with van der Waals surface area (Å²) in [4.78, 5) is 15.9. The van der Waals surface area contributed by atoms with E-state index < -0.39 is 0 Å². The predicted octanol–water partition coefficient (Wildman–Crippen LogP) is 3.07. The summed E-state index contributed by atoms with van der Waals surface area (Å²) in [6.07, 6.45) is 2.12. The molecule has 0 aliphatic rings. The lowest BCUT2D eigenvalue weighted by Crippen LogP contribution is -2.24. The van der Waals surface area contributed by atoms with E-state index >= 15 is 0 Å². The van der Waals surface area contributed by atoms with Crippen molar-refractivity contribution >= 4 is 33.2 Å². The van der Waals surface area contributed by atoms with Gasteiger partial charge in [0.15, 0.2) is 0 Å². The summed E-state index contributed by atoms with van der Waals surface area (Å²) >= 11 is 5.01. The third-order valence-corrected chi connectivity index (χ3v) is 4.00. The number of pyridine rings is 1. The van der Waals surface area contributed by atoms with Gasteiger partial charge in [-0.05, 0) is 51.5 Å². The molecule has 18 heavy (non-hydrogen) atoms. The second kappa shape index (κ2) is 6.11. The minimum atomic E-state index is 0.0166. The number of hydrogen-bond donors (Lipinski definition) is 1. The summed E-state index contributed by atoms with van der Waals surface area (Å²) in [6.45, 7) is 2.50. The van der Waals surface area contributed by atoms with Crippen molar-refractivity contribution in [2.45, 2.75) is 19.9 Å². The van der Waals surface area contributed by atoms with Crippen LogP contribution in [0.5, 0.6) is 0 Å². The largest absolute Gasteiger partial charge is 0.352 e. The van der Waals surface area contributed by atoms with Crippen molar-refractivity contribution in [2.75, 3.05) is 0 Å². The van der Waals surface area contributed by atoms with Crippen molar-refractivity contribution in [1.82, 2.24) is 10.3 Å². The highest BCUT2D eigenvalue weighted by Gasteiger charge is 2.04. The zero-order valence-electron chi connectivity index (χ0n) is 9.94. The number of thiophene rings is 1. The van der Waals surface area contributed by atoms with Gasteiger partial charge in [-0.15, -0.1) is 11.3 Å². The van der Waals surface area contributed by atoms with Crippen molar-refractivity contribution in [2.24, 2.45) is 0 Å². The molecule has 0 radical (unpaired) electrons. The number of aryl methyl sites for hydroxylation is 1. The van der Waals surface area contributed by atoms with Crippen LogP contribution in [0.3, 0.4) is 0 Å². The van der Waals surface area contributed by atoms with Crippen LogP contribution < -0.4 is 5.32 Å². The molecular formula is C13H13BrN2OS. The second-order valence-electron chi connectivity index (χ2n) is 4.02. The smallest absolute Gasteiger partial charge is 0.224 e.